The lowest BCUT2D eigenvalue weighted by atomic mass is 10.1. The van der Waals surface area contributed by atoms with E-state index in [1.807, 2.05) is 42.5 Å². The van der Waals surface area contributed by atoms with Crippen LogP contribution in [0.25, 0.3) is 11.0 Å². The van der Waals surface area contributed by atoms with Crippen molar-refractivity contribution in [3.8, 4) is 11.8 Å². The zero-order chi connectivity index (χ0) is 14.5. The average Bonchev–Trinajstić information content (AvgIpc) is 2.96. The molecule has 1 aromatic carbocycles. The molecule has 3 rings (SSSR count). The van der Waals surface area contributed by atoms with Gasteiger partial charge in [0.25, 0.3) is 5.91 Å². The number of amides is 1. The molecular weight excluding hydrogens is 264 g/mol. The molecule has 0 aliphatic rings. The molecule has 4 nitrogen and oxygen atoms in total. The van der Waals surface area contributed by atoms with E-state index in [0.717, 1.165) is 5.39 Å². The zero-order valence-corrected chi connectivity index (χ0v) is 11.2. The number of fused-ring (bicyclic) bond motifs is 1. The number of benzene rings is 1. The number of hydrogen-bond acceptors (Lipinski definition) is 3. The number of carbonyl (C=O) groups excluding carboxylic acids is 1. The van der Waals surface area contributed by atoms with E-state index >= 15 is 0 Å². The smallest absolute Gasteiger partial charge is 0.255 e. The number of carbonyl (C=O) groups is 1. The molecule has 0 saturated carbocycles. The Labute approximate surface area is 121 Å². The van der Waals surface area contributed by atoms with Crippen LogP contribution in [0.3, 0.4) is 0 Å². The number of hydrogen-bond donors (Lipinski definition) is 1. The van der Waals surface area contributed by atoms with Crippen LogP contribution in [0.15, 0.2) is 59.3 Å². The van der Waals surface area contributed by atoms with Gasteiger partial charge in [-0.15, -0.1) is 0 Å². The standard InChI is InChI=1S/C17H12N2O2/c20-17(15-12-21-16-9-2-1-8-14(15)16)19-11-5-7-13-6-3-4-10-18-13/h1-4,6,8-10,12H,11H2,(H,19,20). The normalized spacial score (nSPS) is 9.90. The molecule has 21 heavy (non-hydrogen) atoms. The van der Waals surface area contributed by atoms with Crippen molar-refractivity contribution in [3.05, 3.63) is 66.2 Å². The Kier molecular flexibility index (Phi) is 3.66. The maximum absolute atomic E-state index is 12.1. The molecule has 0 fully saturated rings. The van der Waals surface area contributed by atoms with E-state index < -0.39 is 0 Å². The molecule has 0 unspecified atom stereocenters. The molecule has 0 atom stereocenters. The molecule has 0 aliphatic carbocycles. The second-order valence-corrected chi connectivity index (χ2v) is 4.34. The third-order valence-corrected chi connectivity index (χ3v) is 2.94. The van der Waals surface area contributed by atoms with Crippen molar-refractivity contribution in [2.75, 3.05) is 6.54 Å². The summed E-state index contributed by atoms with van der Waals surface area (Å²) in [6.45, 7) is 0.259. The van der Waals surface area contributed by atoms with Gasteiger partial charge < -0.3 is 9.73 Å². The van der Waals surface area contributed by atoms with E-state index in [-0.39, 0.29) is 12.5 Å². The van der Waals surface area contributed by atoms with Gasteiger partial charge in [0.2, 0.25) is 0 Å². The lowest BCUT2D eigenvalue weighted by Gasteiger charge is -1.98. The SMILES string of the molecule is O=C(NCC#Cc1ccccn1)c1coc2ccccc12. The fourth-order valence-electron chi connectivity index (χ4n) is 1.94. The average molecular weight is 276 g/mol. The molecule has 2 heterocycles. The molecule has 4 heteroatoms. The van der Waals surface area contributed by atoms with Crippen LogP contribution in [-0.2, 0) is 0 Å². The highest BCUT2D eigenvalue weighted by Crippen LogP contribution is 2.20. The summed E-state index contributed by atoms with van der Waals surface area (Å²) < 4.78 is 5.34. The first-order valence-electron chi connectivity index (χ1n) is 6.49. The number of para-hydroxylation sites is 1. The predicted molar refractivity (Wildman–Crippen MR) is 79.7 cm³/mol. The van der Waals surface area contributed by atoms with E-state index in [4.69, 9.17) is 4.42 Å². The number of rotatable bonds is 2. The summed E-state index contributed by atoms with van der Waals surface area (Å²) in [6, 6.07) is 12.9. The molecule has 1 amide bonds. The van der Waals surface area contributed by atoms with Crippen molar-refractivity contribution in [2.24, 2.45) is 0 Å². The number of nitrogens with zero attached hydrogens (tertiary/aromatic N) is 1. The summed E-state index contributed by atoms with van der Waals surface area (Å²) in [5.74, 6) is 5.55. The molecule has 3 aromatic rings. The topological polar surface area (TPSA) is 55.1 Å². The third kappa shape index (κ3) is 2.93. The third-order valence-electron chi connectivity index (χ3n) is 2.94. The van der Waals surface area contributed by atoms with E-state index in [1.54, 1.807) is 6.20 Å². The summed E-state index contributed by atoms with van der Waals surface area (Å²) in [7, 11) is 0. The van der Waals surface area contributed by atoms with Crippen LogP contribution < -0.4 is 5.32 Å². The molecule has 0 spiro atoms. The van der Waals surface area contributed by atoms with Gasteiger partial charge in [0.1, 0.15) is 17.5 Å². The van der Waals surface area contributed by atoms with Crippen LogP contribution >= 0.6 is 0 Å². The van der Waals surface area contributed by atoms with Crippen LogP contribution in [0.1, 0.15) is 16.1 Å². The van der Waals surface area contributed by atoms with Gasteiger partial charge in [0.15, 0.2) is 0 Å². The van der Waals surface area contributed by atoms with Crippen LogP contribution in [0.4, 0.5) is 0 Å². The number of pyridine rings is 1. The van der Waals surface area contributed by atoms with Gasteiger partial charge in [-0.05, 0) is 24.1 Å². The summed E-state index contributed by atoms with van der Waals surface area (Å²) in [4.78, 5) is 16.2. The highest BCUT2D eigenvalue weighted by molar-refractivity contribution is 6.05. The molecule has 0 bridgehead atoms. The van der Waals surface area contributed by atoms with Gasteiger partial charge >= 0.3 is 0 Å². The van der Waals surface area contributed by atoms with Crippen molar-refractivity contribution >= 4 is 16.9 Å². The number of nitrogens with one attached hydrogen (secondary N) is 1. The fourth-order valence-corrected chi connectivity index (χ4v) is 1.94. The number of aromatic nitrogens is 1. The van der Waals surface area contributed by atoms with Gasteiger partial charge in [-0.1, -0.05) is 30.2 Å². The maximum Gasteiger partial charge on any atom is 0.255 e. The Morgan fingerprint density at radius 1 is 1.19 bits per heavy atom. The first kappa shape index (κ1) is 12.9. The van der Waals surface area contributed by atoms with Crippen molar-refractivity contribution in [1.29, 1.82) is 0 Å². The first-order valence-corrected chi connectivity index (χ1v) is 6.49. The quantitative estimate of drug-likeness (QED) is 0.732. The maximum atomic E-state index is 12.1. The summed E-state index contributed by atoms with van der Waals surface area (Å²) in [6.07, 6.45) is 3.15. The second kappa shape index (κ2) is 5.93. The fraction of sp³-hybridized carbons (Fsp3) is 0.0588. The molecule has 1 N–H and O–H groups in total. The van der Waals surface area contributed by atoms with Crippen molar-refractivity contribution in [1.82, 2.24) is 10.3 Å². The highest BCUT2D eigenvalue weighted by Gasteiger charge is 2.11. The molecule has 2 aromatic heterocycles. The van der Waals surface area contributed by atoms with Gasteiger partial charge in [-0.3, -0.25) is 4.79 Å². The van der Waals surface area contributed by atoms with E-state index in [1.165, 1.54) is 6.26 Å². The van der Waals surface area contributed by atoms with Crippen LogP contribution in [0.5, 0.6) is 0 Å². The monoisotopic (exact) mass is 276 g/mol. The molecule has 102 valence electrons. The van der Waals surface area contributed by atoms with Crippen LogP contribution in [0.2, 0.25) is 0 Å². The van der Waals surface area contributed by atoms with Gasteiger partial charge in [0, 0.05) is 11.6 Å². The van der Waals surface area contributed by atoms with Gasteiger partial charge in [-0.2, -0.15) is 0 Å². The molecular formula is C17H12N2O2. The lowest BCUT2D eigenvalue weighted by molar-refractivity contribution is 0.0959. The van der Waals surface area contributed by atoms with Crippen molar-refractivity contribution < 1.29 is 9.21 Å². The second-order valence-electron chi connectivity index (χ2n) is 4.34. The highest BCUT2D eigenvalue weighted by atomic mass is 16.3. The molecule has 0 saturated heterocycles. The van der Waals surface area contributed by atoms with Gasteiger partial charge in [-0.25, -0.2) is 4.98 Å². The van der Waals surface area contributed by atoms with Crippen molar-refractivity contribution in [3.63, 3.8) is 0 Å². The predicted octanol–water partition coefficient (Wildman–Crippen LogP) is 2.61. The Balaban J connectivity index is 1.66. The Morgan fingerprint density at radius 3 is 2.90 bits per heavy atom. The van der Waals surface area contributed by atoms with E-state index in [9.17, 15) is 4.79 Å². The minimum absolute atomic E-state index is 0.199. The van der Waals surface area contributed by atoms with E-state index in [0.29, 0.717) is 16.8 Å². The Morgan fingerprint density at radius 2 is 2.05 bits per heavy atom. The Hall–Kier alpha value is -3.06. The van der Waals surface area contributed by atoms with E-state index in [2.05, 4.69) is 22.1 Å². The van der Waals surface area contributed by atoms with Crippen molar-refractivity contribution in [2.45, 2.75) is 0 Å². The van der Waals surface area contributed by atoms with Crippen LogP contribution in [0, 0.1) is 11.8 Å². The first-order chi connectivity index (χ1) is 10.3. The Bertz CT molecular complexity index is 826. The van der Waals surface area contributed by atoms with Crippen LogP contribution in [-0.4, -0.2) is 17.4 Å². The summed E-state index contributed by atoms with van der Waals surface area (Å²) >= 11 is 0. The molecule has 0 aliphatic heterocycles. The lowest BCUT2D eigenvalue weighted by Crippen LogP contribution is -2.23. The largest absolute Gasteiger partial charge is 0.463 e. The zero-order valence-electron chi connectivity index (χ0n) is 11.2. The molecule has 0 radical (unpaired) electrons. The minimum atomic E-state index is -0.199. The minimum Gasteiger partial charge on any atom is -0.463 e. The van der Waals surface area contributed by atoms with Gasteiger partial charge in [0.05, 0.1) is 12.1 Å². The summed E-state index contributed by atoms with van der Waals surface area (Å²) in [5, 5.41) is 3.55. The summed E-state index contributed by atoms with van der Waals surface area (Å²) in [5.41, 5.74) is 1.90. The number of furan rings is 1.